The summed E-state index contributed by atoms with van der Waals surface area (Å²) in [6.07, 6.45) is 16.7. The fourth-order valence-corrected chi connectivity index (χ4v) is 6.36. The highest BCUT2D eigenvalue weighted by atomic mass is 16.5. The number of rotatable bonds is 15. The molecule has 3 aromatic rings. The Kier molecular flexibility index (Phi) is 11.4. The van der Waals surface area contributed by atoms with Gasteiger partial charge in [-0.2, -0.15) is 0 Å². The third-order valence-corrected chi connectivity index (χ3v) is 9.12. The Labute approximate surface area is 267 Å². The summed E-state index contributed by atoms with van der Waals surface area (Å²) in [5, 5.41) is 18.1. The van der Waals surface area contributed by atoms with Gasteiger partial charge in [-0.25, -0.2) is 4.79 Å². The summed E-state index contributed by atoms with van der Waals surface area (Å²) >= 11 is 0. The topological polar surface area (TPSA) is 91.7 Å². The van der Waals surface area contributed by atoms with Crippen molar-refractivity contribution in [3.63, 3.8) is 0 Å². The summed E-state index contributed by atoms with van der Waals surface area (Å²) in [6.45, 7) is 8.14. The van der Waals surface area contributed by atoms with Crippen molar-refractivity contribution in [2.75, 3.05) is 38.1 Å². The number of anilines is 1. The quantitative estimate of drug-likeness (QED) is 0.160. The molecule has 2 aliphatic rings. The number of ether oxygens (including phenoxy) is 1. The van der Waals surface area contributed by atoms with Crippen LogP contribution in [0.1, 0.15) is 64.0 Å². The molecule has 0 amide bonds. The standard InChI is InChI=1S/C37H49N5O3/c1-27-13-18-33-30(10-8-20-38-33)16-15-29(27)9-6-7-21-42(23-24-45-31-17-14-28(2)39-25-31)22-19-34(37(43)44)40-35-26-41(3)36-12-5-4-11-32(35)36/h4-5,11-12,14-17,25-26,34,38,40H,6-10,13,18-24H2,1-3H3,(H,43,44)/b16-15-,29-27+/t34-/m0/s1. The average molecular weight is 612 g/mol. The van der Waals surface area contributed by atoms with Gasteiger partial charge in [0.1, 0.15) is 18.4 Å². The highest BCUT2D eigenvalue weighted by molar-refractivity contribution is 5.94. The van der Waals surface area contributed by atoms with Crippen LogP contribution < -0.4 is 15.4 Å². The largest absolute Gasteiger partial charge is 0.491 e. The van der Waals surface area contributed by atoms with Gasteiger partial charge in [-0.15, -0.1) is 0 Å². The van der Waals surface area contributed by atoms with Gasteiger partial charge in [0.15, 0.2) is 0 Å². The molecule has 0 unspecified atom stereocenters. The number of benzene rings is 1. The second-order valence-corrected chi connectivity index (χ2v) is 12.5. The van der Waals surface area contributed by atoms with Crippen molar-refractivity contribution in [2.24, 2.45) is 7.05 Å². The molecule has 8 heteroatoms. The van der Waals surface area contributed by atoms with Gasteiger partial charge < -0.3 is 25.0 Å². The Bertz CT molecular complexity index is 1540. The van der Waals surface area contributed by atoms with Crippen molar-refractivity contribution in [3.8, 4) is 5.75 Å². The number of aliphatic carboxylic acids is 1. The third kappa shape index (κ3) is 9.01. The van der Waals surface area contributed by atoms with Crippen LogP contribution in [-0.4, -0.2) is 64.4 Å². The Hall–Kier alpha value is -4.04. The lowest BCUT2D eigenvalue weighted by Crippen LogP contribution is -2.37. The van der Waals surface area contributed by atoms with Crippen LogP contribution in [0.25, 0.3) is 10.9 Å². The maximum Gasteiger partial charge on any atom is 0.326 e. The molecule has 45 heavy (non-hydrogen) atoms. The summed E-state index contributed by atoms with van der Waals surface area (Å²) in [5.74, 6) is -0.0821. The minimum atomic E-state index is -0.838. The molecule has 0 saturated carbocycles. The lowest BCUT2D eigenvalue weighted by molar-refractivity contribution is -0.138. The maximum atomic E-state index is 12.4. The number of aromatic nitrogens is 2. The van der Waals surface area contributed by atoms with Crippen molar-refractivity contribution in [1.29, 1.82) is 0 Å². The Morgan fingerprint density at radius 3 is 2.78 bits per heavy atom. The van der Waals surface area contributed by atoms with Crippen LogP contribution in [0, 0.1) is 6.92 Å². The summed E-state index contributed by atoms with van der Waals surface area (Å²) in [7, 11) is 1.99. The lowest BCUT2D eigenvalue weighted by Gasteiger charge is -2.25. The van der Waals surface area contributed by atoms with Gasteiger partial charge in [-0.1, -0.05) is 35.9 Å². The van der Waals surface area contributed by atoms with Crippen molar-refractivity contribution < 1.29 is 14.6 Å². The number of carbonyl (C=O) groups is 1. The molecule has 1 atom stereocenters. The maximum absolute atomic E-state index is 12.4. The highest BCUT2D eigenvalue weighted by Crippen LogP contribution is 2.28. The molecule has 0 spiro atoms. The van der Waals surface area contributed by atoms with Crippen LogP contribution in [0.5, 0.6) is 5.75 Å². The van der Waals surface area contributed by atoms with Crippen LogP contribution in [0.15, 0.2) is 83.4 Å². The number of nitrogens with one attached hydrogen (secondary N) is 2. The Morgan fingerprint density at radius 1 is 1.09 bits per heavy atom. The number of aryl methyl sites for hydroxylation is 2. The molecule has 0 fully saturated rings. The number of fused-ring (bicyclic) bond motifs is 1. The molecule has 3 heterocycles. The van der Waals surface area contributed by atoms with Crippen LogP contribution >= 0.6 is 0 Å². The second-order valence-electron chi connectivity index (χ2n) is 12.5. The minimum Gasteiger partial charge on any atom is -0.491 e. The monoisotopic (exact) mass is 611 g/mol. The molecule has 0 saturated heterocycles. The van der Waals surface area contributed by atoms with Crippen LogP contribution in [0.2, 0.25) is 0 Å². The van der Waals surface area contributed by atoms with E-state index in [4.69, 9.17) is 4.74 Å². The first-order valence-electron chi connectivity index (χ1n) is 16.5. The predicted octanol–water partition coefficient (Wildman–Crippen LogP) is 6.99. The first-order chi connectivity index (χ1) is 21.9. The molecule has 3 N–H and O–H groups in total. The first kappa shape index (κ1) is 32.4. The van der Waals surface area contributed by atoms with Gasteiger partial charge in [0.2, 0.25) is 0 Å². The summed E-state index contributed by atoms with van der Waals surface area (Å²) in [4.78, 5) is 19.0. The lowest BCUT2D eigenvalue weighted by atomic mass is 9.91. The van der Waals surface area contributed by atoms with E-state index in [0.29, 0.717) is 19.6 Å². The summed E-state index contributed by atoms with van der Waals surface area (Å²) in [5.41, 5.74) is 8.76. The zero-order valence-corrected chi connectivity index (χ0v) is 27.1. The van der Waals surface area contributed by atoms with Gasteiger partial charge >= 0.3 is 5.97 Å². The SMILES string of the molecule is C/C1=C(CCCCN(CCOc2ccc(C)nc2)CC[C@H](Nc2cn(C)c3ccccc23)C(=O)O)\C=C/C2=C(CC1)NCCC2. The molecular formula is C37H49N5O3. The van der Waals surface area contributed by atoms with Crippen molar-refractivity contribution >= 4 is 22.6 Å². The molecule has 8 nitrogen and oxygen atoms in total. The Balaban J connectivity index is 1.18. The molecule has 240 valence electrons. The van der Waals surface area contributed by atoms with Crippen LogP contribution in [-0.2, 0) is 11.8 Å². The number of allylic oxidation sites excluding steroid dienone is 6. The van der Waals surface area contributed by atoms with E-state index in [0.717, 1.165) is 79.8 Å². The number of hydrogen-bond acceptors (Lipinski definition) is 6. The first-order valence-corrected chi connectivity index (χ1v) is 16.5. The highest BCUT2D eigenvalue weighted by Gasteiger charge is 2.21. The molecule has 2 aromatic heterocycles. The van der Waals surface area contributed by atoms with Gasteiger partial charge in [0.05, 0.1) is 11.9 Å². The van der Waals surface area contributed by atoms with E-state index >= 15 is 0 Å². The number of carboxylic acids is 1. The van der Waals surface area contributed by atoms with Crippen LogP contribution in [0.3, 0.4) is 0 Å². The molecule has 1 aliphatic heterocycles. The van der Waals surface area contributed by atoms with E-state index in [2.05, 4.69) is 39.6 Å². The van der Waals surface area contributed by atoms with E-state index < -0.39 is 12.0 Å². The molecule has 0 bridgehead atoms. The third-order valence-electron chi connectivity index (χ3n) is 9.12. The Morgan fingerprint density at radius 2 is 1.96 bits per heavy atom. The predicted molar refractivity (Wildman–Crippen MR) is 183 cm³/mol. The number of hydrogen-bond donors (Lipinski definition) is 3. The number of nitrogens with zero attached hydrogens (tertiary/aromatic N) is 3. The molecule has 1 aliphatic carbocycles. The fourth-order valence-electron chi connectivity index (χ4n) is 6.36. The van der Waals surface area contributed by atoms with E-state index in [9.17, 15) is 9.90 Å². The summed E-state index contributed by atoms with van der Waals surface area (Å²) < 4.78 is 8.04. The number of carboxylic acid groups (broad SMARTS) is 1. The molecular weight excluding hydrogens is 562 g/mol. The minimum absolute atomic E-state index is 0.489. The van der Waals surface area contributed by atoms with Crippen molar-refractivity contribution in [1.82, 2.24) is 19.8 Å². The van der Waals surface area contributed by atoms with E-state index in [1.807, 2.05) is 61.1 Å². The number of pyridine rings is 1. The second kappa shape index (κ2) is 15.8. The number of unbranched alkanes of at least 4 members (excludes halogenated alkanes) is 1. The zero-order chi connectivity index (χ0) is 31.6. The zero-order valence-electron chi connectivity index (χ0n) is 27.1. The molecule has 1 aromatic carbocycles. The van der Waals surface area contributed by atoms with Gasteiger partial charge in [0, 0.05) is 55.2 Å². The van der Waals surface area contributed by atoms with E-state index in [1.165, 1.54) is 35.3 Å². The van der Waals surface area contributed by atoms with E-state index in [-0.39, 0.29) is 0 Å². The van der Waals surface area contributed by atoms with Gasteiger partial charge in [-0.3, -0.25) is 9.88 Å². The number of para-hydroxylation sites is 1. The van der Waals surface area contributed by atoms with Crippen molar-refractivity contribution in [2.45, 2.75) is 71.3 Å². The van der Waals surface area contributed by atoms with E-state index in [1.54, 1.807) is 6.20 Å². The average Bonchev–Trinajstić information content (AvgIpc) is 3.36. The molecule has 0 radical (unpaired) electrons. The van der Waals surface area contributed by atoms with Crippen LogP contribution in [0.4, 0.5) is 5.69 Å². The molecule has 5 rings (SSSR count). The summed E-state index contributed by atoms with van der Waals surface area (Å²) in [6, 6.07) is 11.3. The normalized spacial score (nSPS) is 18.2. The van der Waals surface area contributed by atoms with Gasteiger partial charge in [0.25, 0.3) is 0 Å². The van der Waals surface area contributed by atoms with Crippen molar-refractivity contribution in [3.05, 3.63) is 89.1 Å². The van der Waals surface area contributed by atoms with Gasteiger partial charge in [-0.05, 0) is 101 Å². The fraction of sp³-hybridized carbons (Fsp3) is 0.459. The smallest absolute Gasteiger partial charge is 0.326 e.